The van der Waals surface area contributed by atoms with E-state index in [-0.39, 0.29) is 0 Å². The molecule has 2 heterocycles. The summed E-state index contributed by atoms with van der Waals surface area (Å²) in [5.74, 6) is 3.06. The molecule has 46 heavy (non-hydrogen) atoms. The zero-order valence-electron chi connectivity index (χ0n) is 24.9. The smallest absolute Gasteiger partial charge is 0.157 e. The molecule has 0 aliphatic carbocycles. The van der Waals surface area contributed by atoms with Gasteiger partial charge in [-0.1, -0.05) is 109 Å². The molecule has 7 aromatic rings. The minimum Gasteiger partial charge on any atom is -0.453 e. The number of rotatable bonds is 5. The molecule has 0 radical (unpaired) electrons. The average molecular weight is 593 g/mol. The van der Waals surface area contributed by atoms with Crippen LogP contribution in [-0.2, 0) is 0 Å². The molecule has 218 valence electrons. The Labute approximate surface area is 268 Å². The third-order valence-electron chi connectivity index (χ3n) is 8.59. The molecule has 0 amide bonds. The second kappa shape index (κ2) is 10.7. The molecule has 0 spiro atoms. The van der Waals surface area contributed by atoms with E-state index in [1.807, 2.05) is 24.3 Å². The monoisotopic (exact) mass is 592 g/mol. The van der Waals surface area contributed by atoms with E-state index < -0.39 is 0 Å². The van der Waals surface area contributed by atoms with Crippen LogP contribution in [-0.4, -0.2) is 0 Å². The van der Waals surface area contributed by atoms with Gasteiger partial charge in [0.2, 0.25) is 0 Å². The van der Waals surface area contributed by atoms with E-state index in [9.17, 15) is 0 Å². The Morgan fingerprint density at radius 1 is 0.348 bits per heavy atom. The van der Waals surface area contributed by atoms with Crippen LogP contribution in [0.5, 0.6) is 23.0 Å². The van der Waals surface area contributed by atoms with E-state index in [1.54, 1.807) is 0 Å². The molecule has 0 bridgehead atoms. The number of ether oxygens (including phenoxy) is 2. The number of nitrogens with zero attached hydrogens (tertiary/aromatic N) is 2. The van der Waals surface area contributed by atoms with Crippen molar-refractivity contribution in [2.24, 2.45) is 0 Å². The Hall–Kier alpha value is -6.26. The van der Waals surface area contributed by atoms with Gasteiger partial charge in [0, 0.05) is 23.5 Å². The molecule has 0 atom stereocenters. The van der Waals surface area contributed by atoms with E-state index in [0.717, 1.165) is 79.4 Å². The molecule has 0 saturated heterocycles. The van der Waals surface area contributed by atoms with Crippen LogP contribution in [0.2, 0.25) is 0 Å². The van der Waals surface area contributed by atoms with Gasteiger partial charge in [0.25, 0.3) is 0 Å². The van der Waals surface area contributed by atoms with Crippen LogP contribution in [0, 0.1) is 0 Å². The van der Waals surface area contributed by atoms with Crippen LogP contribution in [0.15, 0.2) is 170 Å². The van der Waals surface area contributed by atoms with Gasteiger partial charge in [-0.05, 0) is 70.8 Å². The van der Waals surface area contributed by atoms with Crippen molar-refractivity contribution in [3.05, 3.63) is 170 Å². The highest BCUT2D eigenvalue weighted by Crippen LogP contribution is 2.61. The van der Waals surface area contributed by atoms with Crippen molar-refractivity contribution in [2.75, 3.05) is 9.80 Å². The summed E-state index contributed by atoms with van der Waals surface area (Å²) in [4.78, 5) is 4.52. The first-order valence-corrected chi connectivity index (χ1v) is 15.4. The van der Waals surface area contributed by atoms with E-state index in [2.05, 4.69) is 155 Å². The number of fused-ring (bicyclic) bond motifs is 4. The lowest BCUT2D eigenvalue weighted by atomic mass is 10.00. The summed E-state index contributed by atoms with van der Waals surface area (Å²) in [7, 11) is 0. The van der Waals surface area contributed by atoms with Crippen molar-refractivity contribution in [3.8, 4) is 45.3 Å². The van der Waals surface area contributed by atoms with Gasteiger partial charge in [-0.25, -0.2) is 0 Å². The molecule has 0 saturated carbocycles. The molecule has 0 unspecified atom stereocenters. The lowest BCUT2D eigenvalue weighted by molar-refractivity contribution is 0.446. The fourth-order valence-corrected chi connectivity index (χ4v) is 6.46. The second-order valence-electron chi connectivity index (χ2n) is 11.4. The highest BCUT2D eigenvalue weighted by molar-refractivity contribution is 5.97. The van der Waals surface area contributed by atoms with Gasteiger partial charge in [-0.2, -0.15) is 0 Å². The largest absolute Gasteiger partial charge is 0.453 e. The van der Waals surface area contributed by atoms with Gasteiger partial charge in [-0.3, -0.25) is 4.90 Å². The van der Waals surface area contributed by atoms with E-state index in [0.29, 0.717) is 0 Å². The van der Waals surface area contributed by atoms with Crippen molar-refractivity contribution in [3.63, 3.8) is 0 Å². The van der Waals surface area contributed by atoms with Gasteiger partial charge in [0.1, 0.15) is 5.69 Å². The van der Waals surface area contributed by atoms with Crippen LogP contribution in [0.4, 0.5) is 34.1 Å². The first kappa shape index (κ1) is 26.2. The molecular weight excluding hydrogens is 564 g/mol. The van der Waals surface area contributed by atoms with Crippen molar-refractivity contribution in [1.29, 1.82) is 0 Å². The number of hydrogen-bond donors (Lipinski definition) is 0. The fourth-order valence-electron chi connectivity index (χ4n) is 6.46. The van der Waals surface area contributed by atoms with Crippen LogP contribution >= 0.6 is 0 Å². The van der Waals surface area contributed by atoms with E-state index in [1.165, 1.54) is 0 Å². The highest BCUT2D eigenvalue weighted by atomic mass is 16.5. The van der Waals surface area contributed by atoms with Gasteiger partial charge >= 0.3 is 0 Å². The first-order valence-electron chi connectivity index (χ1n) is 15.4. The summed E-state index contributed by atoms with van der Waals surface area (Å²) < 4.78 is 13.6. The topological polar surface area (TPSA) is 24.9 Å². The number of para-hydroxylation sites is 2. The van der Waals surface area contributed by atoms with Crippen LogP contribution in [0.25, 0.3) is 22.3 Å². The molecule has 4 heteroatoms. The first-order chi connectivity index (χ1) is 22.8. The third kappa shape index (κ3) is 4.39. The van der Waals surface area contributed by atoms with Crippen LogP contribution < -0.4 is 19.3 Å². The van der Waals surface area contributed by atoms with Crippen molar-refractivity contribution >= 4 is 34.1 Å². The molecule has 0 fully saturated rings. The van der Waals surface area contributed by atoms with Crippen molar-refractivity contribution in [1.82, 2.24) is 0 Å². The van der Waals surface area contributed by atoms with Gasteiger partial charge in [0.15, 0.2) is 23.0 Å². The zero-order chi connectivity index (χ0) is 30.5. The third-order valence-corrected chi connectivity index (χ3v) is 8.59. The van der Waals surface area contributed by atoms with Gasteiger partial charge < -0.3 is 14.4 Å². The summed E-state index contributed by atoms with van der Waals surface area (Å²) in [5, 5.41) is 0. The van der Waals surface area contributed by atoms with Crippen LogP contribution in [0.3, 0.4) is 0 Å². The minimum atomic E-state index is 0.736. The summed E-state index contributed by atoms with van der Waals surface area (Å²) in [5.41, 5.74) is 10.4. The van der Waals surface area contributed by atoms with Gasteiger partial charge in [0.05, 0.1) is 17.1 Å². The SMILES string of the molecule is c1ccc(-c2ccc3c(c2)Oc2cc(N(c4ccccc4)c4ccccc4)cc4c2N3c2ccc(-c3ccccc3)cc2O4)cc1. The fraction of sp³-hybridized carbons (Fsp3) is 0. The quantitative estimate of drug-likeness (QED) is 0.198. The van der Waals surface area contributed by atoms with Crippen molar-refractivity contribution in [2.45, 2.75) is 0 Å². The number of hydrogen-bond acceptors (Lipinski definition) is 4. The Balaban J connectivity index is 1.25. The molecule has 0 N–H and O–H groups in total. The Morgan fingerprint density at radius 3 is 1.20 bits per heavy atom. The lowest BCUT2D eigenvalue weighted by Gasteiger charge is -2.39. The summed E-state index contributed by atoms with van der Waals surface area (Å²) >= 11 is 0. The predicted molar refractivity (Wildman–Crippen MR) is 187 cm³/mol. The molecule has 2 aliphatic heterocycles. The molecule has 7 aromatic carbocycles. The summed E-state index contributed by atoms with van der Waals surface area (Å²) in [6.45, 7) is 0. The maximum absolute atomic E-state index is 6.81. The molecule has 2 aliphatic rings. The highest BCUT2D eigenvalue weighted by Gasteiger charge is 2.36. The van der Waals surface area contributed by atoms with Gasteiger partial charge in [-0.15, -0.1) is 0 Å². The maximum atomic E-state index is 6.81. The predicted octanol–water partition coefficient (Wildman–Crippen LogP) is 12.2. The molecule has 9 rings (SSSR count). The Morgan fingerprint density at radius 2 is 0.761 bits per heavy atom. The normalized spacial score (nSPS) is 12.2. The Bertz CT molecular complexity index is 2050. The van der Waals surface area contributed by atoms with Crippen LogP contribution in [0.1, 0.15) is 0 Å². The maximum Gasteiger partial charge on any atom is 0.157 e. The zero-order valence-corrected chi connectivity index (χ0v) is 24.9. The Kier molecular flexibility index (Phi) is 6.10. The average Bonchev–Trinajstić information content (AvgIpc) is 3.12. The second-order valence-corrected chi connectivity index (χ2v) is 11.4. The van der Waals surface area contributed by atoms with Crippen molar-refractivity contribution < 1.29 is 9.47 Å². The number of anilines is 6. The van der Waals surface area contributed by atoms with E-state index >= 15 is 0 Å². The van der Waals surface area contributed by atoms with E-state index in [4.69, 9.17) is 9.47 Å². The molecular formula is C42H28N2O2. The summed E-state index contributed by atoms with van der Waals surface area (Å²) in [6.07, 6.45) is 0. The lowest BCUT2D eigenvalue weighted by Crippen LogP contribution is -2.21. The molecule has 0 aromatic heterocycles. The summed E-state index contributed by atoms with van der Waals surface area (Å²) in [6, 6.07) is 58.8. The molecule has 4 nitrogen and oxygen atoms in total. The standard InChI is InChI=1S/C42H28N2O2/c1-5-13-29(14-6-1)31-21-23-36-38(25-31)45-40-27-35(43(33-17-9-3-10-18-33)34-19-11-4-12-20-34)28-41-42(40)44(36)37-24-22-32(26-39(37)46-41)30-15-7-2-8-16-30/h1-28H. The number of benzene rings is 7. The minimum absolute atomic E-state index is 0.736.